The first kappa shape index (κ1) is 44.3. The molecular formula is C2H20O20Si19. The van der Waals surface area contributed by atoms with E-state index in [1.54, 1.807) is 0 Å². The van der Waals surface area contributed by atoms with Gasteiger partial charge in [0.15, 0.2) is 0 Å². The standard InChI is InChI=1S/C2H20O20Si19/c1-35(2,15)21-38(39(31-11,32-12)18-24-4,22-37(29-9,30-10)17-23-3)41(20-26-6,36(16,27-7)28-8)40(33-13,34-14)19-25-5/h3-16H,1-2H3. The minimum absolute atomic E-state index is 1.11. The lowest BCUT2D eigenvalue weighted by Crippen LogP contribution is -3.06. The van der Waals surface area contributed by atoms with Crippen molar-refractivity contribution in [1.29, 1.82) is 0 Å². The topological polar surface area (TPSA) is 339 Å². The summed E-state index contributed by atoms with van der Waals surface area (Å²) in [6.45, 7) is -18.5. The molecule has 0 bridgehead atoms. The van der Waals surface area contributed by atoms with E-state index < -0.39 is 166 Å². The summed E-state index contributed by atoms with van der Waals surface area (Å²) in [5.41, 5.74) is 0. The number of hydrogen-bond acceptors (Lipinski definition) is 20. The SMILES string of the molecule is C[Si](C)(O)O[Si](O[Si](O[Si]O)([Si]O)[Si]O)([Si](O[Si]O)([Si]O)[Si]O)[Si](O[Si]O)([Si](O)([Si]O)[Si]O)[Si](O[Si]O)([Si]O)[Si]O. The Labute approximate surface area is 268 Å². The van der Waals surface area contributed by atoms with E-state index in [0.717, 1.165) is 13.1 Å². The molecule has 224 valence electrons. The Hall–Kier alpha value is 3.32. The largest absolute Gasteiger partial charge is 0.435 e. The van der Waals surface area contributed by atoms with Crippen LogP contribution in [0.1, 0.15) is 0 Å². The highest BCUT2D eigenvalue weighted by atomic mass is 30.4. The molecule has 0 spiro atoms. The lowest BCUT2D eigenvalue weighted by atomic mass is 11.9. The molecule has 2 atom stereocenters. The molecule has 0 fully saturated rings. The van der Waals surface area contributed by atoms with Crippen LogP contribution in [-0.4, -0.2) is 233 Å². The van der Waals surface area contributed by atoms with E-state index in [9.17, 15) is 67.1 Å². The Kier molecular flexibility index (Phi) is 20.9. The fourth-order valence-electron chi connectivity index (χ4n) is 3.22. The minimum Gasteiger partial charge on any atom is -0.435 e. The van der Waals surface area contributed by atoms with Gasteiger partial charge in [0.05, 0.1) is 0 Å². The van der Waals surface area contributed by atoms with Crippen LogP contribution in [0.5, 0.6) is 0 Å². The molecule has 20 nitrogen and oxygen atoms in total. The highest BCUT2D eigenvalue weighted by molar-refractivity contribution is 8.15. The second-order valence-electron chi connectivity index (χ2n) is 7.31. The zero-order valence-electron chi connectivity index (χ0n) is 20.2. The molecule has 0 aromatic rings. The lowest BCUT2D eigenvalue weighted by Gasteiger charge is -2.61. The molecule has 2 unspecified atom stereocenters. The fraction of sp³-hybridized carbons (Fsp3) is 1.00. The Morgan fingerprint density at radius 1 is 0.439 bits per heavy atom. The Morgan fingerprint density at radius 3 is 1.12 bits per heavy atom. The zero-order chi connectivity index (χ0) is 32.2. The summed E-state index contributed by atoms with van der Waals surface area (Å²) in [6, 6.07) is 0. The van der Waals surface area contributed by atoms with Gasteiger partial charge >= 0.3 is 63.8 Å². The van der Waals surface area contributed by atoms with Crippen LogP contribution >= 0.6 is 0 Å². The summed E-state index contributed by atoms with van der Waals surface area (Å²) < 4.78 is 34.7. The maximum Gasteiger partial charge on any atom is 0.420 e. The number of rotatable bonds is 24. The van der Waals surface area contributed by atoms with Gasteiger partial charge in [-0.05, 0) is 13.1 Å². The summed E-state index contributed by atoms with van der Waals surface area (Å²) in [5.74, 6) is 0. The van der Waals surface area contributed by atoms with Crippen molar-refractivity contribution >= 4 is 166 Å². The second-order valence-corrected chi connectivity index (χ2v) is 85.4. The van der Waals surface area contributed by atoms with Gasteiger partial charge in [0.1, 0.15) is 0 Å². The van der Waals surface area contributed by atoms with Crippen LogP contribution in [-0.2, 0) is 24.7 Å². The molecule has 0 aliphatic carbocycles. The zero-order valence-corrected chi connectivity index (χ0v) is 39.2. The van der Waals surface area contributed by atoms with Crippen molar-refractivity contribution in [2.75, 3.05) is 0 Å². The Morgan fingerprint density at radius 2 is 0.829 bits per heavy atom. The summed E-state index contributed by atoms with van der Waals surface area (Å²) >= 11 is 0. The van der Waals surface area contributed by atoms with Gasteiger partial charge in [-0.1, -0.05) is 0 Å². The van der Waals surface area contributed by atoms with Gasteiger partial charge in [-0.2, -0.15) is 0 Å². The minimum atomic E-state index is -5.72. The third-order valence-electron chi connectivity index (χ3n) is 4.65. The van der Waals surface area contributed by atoms with Gasteiger partial charge in [0.2, 0.25) is 69.4 Å². The molecule has 0 aromatic heterocycles. The molecule has 0 aliphatic rings. The van der Waals surface area contributed by atoms with Crippen LogP contribution in [0.15, 0.2) is 0 Å². The molecule has 0 saturated carbocycles. The van der Waals surface area contributed by atoms with Crippen molar-refractivity contribution in [2.45, 2.75) is 13.1 Å². The van der Waals surface area contributed by atoms with Gasteiger partial charge in [-0.3, -0.25) is 0 Å². The molecular weight excluding hydrogens is 878 g/mol. The van der Waals surface area contributed by atoms with Crippen LogP contribution in [0.25, 0.3) is 0 Å². The van der Waals surface area contributed by atoms with Crippen molar-refractivity contribution in [3.63, 3.8) is 0 Å². The fourth-order valence-corrected chi connectivity index (χ4v) is 233. The molecule has 0 aromatic carbocycles. The molecule has 41 heavy (non-hydrogen) atoms. The number of hydrogen-bond donors (Lipinski definition) is 14. The third kappa shape index (κ3) is 8.87. The van der Waals surface area contributed by atoms with Crippen molar-refractivity contribution in [3.05, 3.63) is 0 Å². The molecule has 14 N–H and O–H groups in total. The third-order valence-corrected chi connectivity index (χ3v) is 142. The Bertz CT molecular complexity index is 726. The summed E-state index contributed by atoms with van der Waals surface area (Å²) in [4.78, 5) is 148. The van der Waals surface area contributed by atoms with Crippen LogP contribution in [0.3, 0.4) is 0 Å². The molecule has 0 rings (SSSR count). The summed E-state index contributed by atoms with van der Waals surface area (Å²) in [5, 5.41) is 0. The molecule has 0 saturated heterocycles. The van der Waals surface area contributed by atoms with Gasteiger partial charge in [-0.15, -0.1) is 0 Å². The molecule has 39 heteroatoms. The van der Waals surface area contributed by atoms with E-state index in [4.69, 9.17) is 24.7 Å². The first-order valence-electron chi connectivity index (χ1n) is 9.58. The maximum absolute atomic E-state index is 12.1. The predicted octanol–water partition coefficient (Wildman–Crippen LogP) is -14.3. The summed E-state index contributed by atoms with van der Waals surface area (Å²) in [7, 11) is -34.0. The maximum atomic E-state index is 12.1. The molecule has 24 radical (unpaired) electrons. The van der Waals surface area contributed by atoms with E-state index in [1.807, 2.05) is 0 Å². The second kappa shape index (κ2) is 19.4. The van der Waals surface area contributed by atoms with E-state index in [-0.39, 0.29) is 0 Å². The average Bonchev–Trinajstić information content (AvgIpc) is 2.95. The van der Waals surface area contributed by atoms with Gasteiger partial charge in [0.25, 0.3) is 32.3 Å². The van der Waals surface area contributed by atoms with Crippen LogP contribution in [0.4, 0.5) is 0 Å². The predicted molar refractivity (Wildman–Crippen MR) is 159 cm³/mol. The molecule has 0 aliphatic heterocycles. The van der Waals surface area contributed by atoms with E-state index in [2.05, 4.69) is 0 Å². The van der Waals surface area contributed by atoms with Crippen molar-refractivity contribution in [3.8, 4) is 0 Å². The van der Waals surface area contributed by atoms with Crippen LogP contribution in [0, 0.1) is 0 Å². The molecule has 0 heterocycles. The first-order valence-corrected chi connectivity index (χ1v) is 46.7. The first-order chi connectivity index (χ1) is 19.1. The van der Waals surface area contributed by atoms with Gasteiger partial charge < -0.3 is 91.8 Å². The van der Waals surface area contributed by atoms with Crippen LogP contribution in [0.2, 0.25) is 13.1 Å². The van der Waals surface area contributed by atoms with Gasteiger partial charge in [0, 0.05) is 0 Å². The summed E-state index contributed by atoms with van der Waals surface area (Å²) in [6.07, 6.45) is 0. The van der Waals surface area contributed by atoms with Crippen LogP contribution < -0.4 is 0 Å². The van der Waals surface area contributed by atoms with E-state index in [1.165, 1.54) is 0 Å². The smallest absolute Gasteiger partial charge is 0.420 e. The van der Waals surface area contributed by atoms with E-state index >= 15 is 0 Å². The Balaban J connectivity index is 9.11. The molecule has 0 amide bonds. The highest BCUT2D eigenvalue weighted by Crippen LogP contribution is 2.43. The van der Waals surface area contributed by atoms with Crippen molar-refractivity contribution < 1.29 is 91.8 Å². The quantitative estimate of drug-likeness (QED) is 0.0400. The monoisotopic (exact) mass is 896 g/mol. The van der Waals surface area contributed by atoms with E-state index in [0.29, 0.717) is 0 Å². The normalized spacial score (nSPS) is 17.0. The van der Waals surface area contributed by atoms with Gasteiger partial charge in [-0.25, -0.2) is 0 Å². The average molecular weight is 898 g/mol. The lowest BCUT2D eigenvalue weighted by molar-refractivity contribution is 0.305. The van der Waals surface area contributed by atoms with Crippen molar-refractivity contribution in [1.82, 2.24) is 0 Å². The van der Waals surface area contributed by atoms with Crippen molar-refractivity contribution in [2.24, 2.45) is 0 Å². The highest BCUT2D eigenvalue weighted by Gasteiger charge is 2.91.